The molecule has 0 N–H and O–H groups in total. The van der Waals surface area contributed by atoms with Crippen molar-refractivity contribution >= 4 is 10.8 Å². The summed E-state index contributed by atoms with van der Waals surface area (Å²) in [7, 11) is 0. The summed E-state index contributed by atoms with van der Waals surface area (Å²) in [6.45, 7) is 0. The van der Waals surface area contributed by atoms with Crippen molar-refractivity contribution in [3.8, 4) is 5.69 Å². The molecule has 1 nitrogen and oxygen atoms in total. The van der Waals surface area contributed by atoms with Gasteiger partial charge in [0, 0.05) is 0 Å². The van der Waals surface area contributed by atoms with E-state index in [4.69, 9.17) is 0 Å². The van der Waals surface area contributed by atoms with Gasteiger partial charge in [0.15, 0.2) is 0 Å². The van der Waals surface area contributed by atoms with Crippen LogP contribution < -0.4 is 24.8 Å². The Hall–Kier alpha value is -1.12. The van der Waals surface area contributed by atoms with Gasteiger partial charge in [0.1, 0.15) is 0 Å². The molecule has 0 amide bonds. The molecule has 0 saturated carbocycles. The van der Waals surface area contributed by atoms with E-state index in [0.717, 1.165) is 6.42 Å². The molecule has 0 atom stereocenters. The van der Waals surface area contributed by atoms with E-state index in [0.29, 0.717) is 0 Å². The molecule has 110 valence electrons. The summed E-state index contributed by atoms with van der Waals surface area (Å²) in [6, 6.07) is 16.9. The molecule has 0 fully saturated rings. The number of halogens is 2. The second kappa shape index (κ2) is 10.6. The quantitative estimate of drug-likeness (QED) is 0.372. The third kappa shape index (κ3) is 4.96. The normalized spacial score (nSPS) is 10.9. The average molecular weight is 364 g/mol. The van der Waals surface area contributed by atoms with Gasteiger partial charge in [-0.25, -0.2) is 12.2 Å². The fourth-order valence-corrected chi connectivity index (χ4v) is 2.19. The van der Waals surface area contributed by atoms with E-state index in [1.165, 1.54) is 16.5 Å². The molecule has 0 bridgehead atoms. The van der Waals surface area contributed by atoms with Gasteiger partial charge in [-0.3, -0.25) is 6.08 Å². The Morgan fingerprint density at radius 2 is 1.68 bits per heavy atom. The Balaban J connectivity index is 0.000000482. The number of benzene rings is 1. The van der Waals surface area contributed by atoms with Gasteiger partial charge in [-0.05, 0) is 18.1 Å². The standard InChI is InChI=1S/C13H10N.C5H5.2ClH.Ti/c1-2-6-12-11(5-1)7-8-13(12)14-9-3-4-10-14;1-2-4-5-3-1;;;/h1-10H;1-3H,4H2;2*1H;/q2*-1;;;+4/p-2. The number of rotatable bonds is 1. The predicted molar refractivity (Wildman–Crippen MR) is 80.4 cm³/mol. The van der Waals surface area contributed by atoms with E-state index >= 15 is 0 Å². The third-order valence-corrected chi connectivity index (χ3v) is 3.13. The van der Waals surface area contributed by atoms with Gasteiger partial charge >= 0.3 is 21.7 Å². The molecule has 0 spiro atoms. The minimum absolute atomic E-state index is 0. The first-order valence-electron chi connectivity index (χ1n) is 6.45. The van der Waals surface area contributed by atoms with Crippen LogP contribution in [0, 0.1) is 6.08 Å². The summed E-state index contributed by atoms with van der Waals surface area (Å²) in [5.74, 6) is 0. The zero-order valence-electron chi connectivity index (χ0n) is 11.9. The summed E-state index contributed by atoms with van der Waals surface area (Å²) >= 11 is 0. The number of allylic oxidation sites excluding steroid dienone is 4. The summed E-state index contributed by atoms with van der Waals surface area (Å²) in [6.07, 6.45) is 14.1. The summed E-state index contributed by atoms with van der Waals surface area (Å²) in [5, 5.41) is 2.61. The Morgan fingerprint density at radius 3 is 2.27 bits per heavy atom. The summed E-state index contributed by atoms with van der Waals surface area (Å²) in [5.41, 5.74) is 1.26. The summed E-state index contributed by atoms with van der Waals surface area (Å²) < 4.78 is 2.14. The largest absolute Gasteiger partial charge is 4.00 e. The van der Waals surface area contributed by atoms with Crippen molar-refractivity contribution in [3.63, 3.8) is 0 Å². The Bertz CT molecular complexity index is 702. The SMILES string of the molecule is [C-]1=CC=CC1.[Cl-].[Cl-].[Ti+4].c1ccc2c(c1)cc[c-]2-n1cccc1. The fourth-order valence-electron chi connectivity index (χ4n) is 2.19. The van der Waals surface area contributed by atoms with Gasteiger partial charge in [0.05, 0.1) is 0 Å². The molecule has 0 aliphatic heterocycles. The van der Waals surface area contributed by atoms with Crippen LogP contribution in [-0.4, -0.2) is 4.57 Å². The van der Waals surface area contributed by atoms with E-state index in [1.54, 1.807) is 0 Å². The Labute approximate surface area is 158 Å². The third-order valence-electron chi connectivity index (χ3n) is 3.13. The van der Waals surface area contributed by atoms with Crippen LogP contribution in [0.4, 0.5) is 0 Å². The minimum atomic E-state index is 0. The molecule has 0 radical (unpaired) electrons. The van der Waals surface area contributed by atoms with E-state index < -0.39 is 0 Å². The van der Waals surface area contributed by atoms with Gasteiger partial charge in [0.2, 0.25) is 0 Å². The predicted octanol–water partition coefficient (Wildman–Crippen LogP) is -1.34. The van der Waals surface area contributed by atoms with Crippen molar-refractivity contribution in [2.45, 2.75) is 6.42 Å². The maximum atomic E-state index is 2.99. The molecule has 4 rings (SSSR count). The van der Waals surface area contributed by atoms with Crippen LogP contribution in [0.1, 0.15) is 6.42 Å². The molecule has 3 aromatic rings. The zero-order chi connectivity index (χ0) is 12.9. The van der Waals surface area contributed by atoms with Gasteiger partial charge in [0.25, 0.3) is 0 Å². The van der Waals surface area contributed by atoms with Gasteiger partial charge in [-0.2, -0.15) is 6.08 Å². The molecule has 4 heteroatoms. The molecular formula is C18H15Cl2NTi. The Kier molecular flexibility index (Phi) is 10.0. The second-order valence-corrected chi connectivity index (χ2v) is 4.40. The van der Waals surface area contributed by atoms with Crippen LogP contribution in [0.3, 0.4) is 0 Å². The van der Waals surface area contributed by atoms with E-state index in [9.17, 15) is 0 Å². The first-order chi connectivity index (χ1) is 9.45. The second-order valence-electron chi connectivity index (χ2n) is 4.40. The number of fused-ring (bicyclic) bond motifs is 1. The van der Waals surface area contributed by atoms with Crippen LogP contribution in [-0.2, 0) is 21.7 Å². The average Bonchev–Trinajstić information content (AvgIpc) is 3.21. The molecule has 0 unspecified atom stereocenters. The number of hydrogen-bond donors (Lipinski definition) is 0. The van der Waals surface area contributed by atoms with Crippen LogP contribution in [0.15, 0.2) is 79.2 Å². The first-order valence-corrected chi connectivity index (χ1v) is 6.45. The van der Waals surface area contributed by atoms with Crippen LogP contribution in [0.25, 0.3) is 16.5 Å². The maximum absolute atomic E-state index is 2.99. The van der Waals surface area contributed by atoms with Crippen molar-refractivity contribution in [2.75, 3.05) is 0 Å². The number of nitrogens with zero attached hydrogens (tertiary/aromatic N) is 1. The van der Waals surface area contributed by atoms with E-state index in [2.05, 4.69) is 65.5 Å². The topological polar surface area (TPSA) is 4.93 Å². The number of aromatic nitrogens is 1. The number of hydrogen-bond acceptors (Lipinski definition) is 0. The zero-order valence-corrected chi connectivity index (χ0v) is 15.0. The van der Waals surface area contributed by atoms with Crippen LogP contribution in [0.5, 0.6) is 0 Å². The monoisotopic (exact) mass is 363 g/mol. The molecule has 1 aliphatic carbocycles. The van der Waals surface area contributed by atoms with Crippen molar-refractivity contribution in [1.82, 2.24) is 4.57 Å². The summed E-state index contributed by atoms with van der Waals surface area (Å²) in [4.78, 5) is 0. The van der Waals surface area contributed by atoms with Crippen molar-refractivity contribution in [2.24, 2.45) is 0 Å². The molecule has 1 aromatic heterocycles. The molecule has 1 aliphatic rings. The maximum Gasteiger partial charge on any atom is 4.00 e. The van der Waals surface area contributed by atoms with Crippen molar-refractivity contribution in [3.05, 3.63) is 85.2 Å². The molecule has 1 heterocycles. The van der Waals surface area contributed by atoms with Gasteiger partial charge < -0.3 is 29.4 Å². The Morgan fingerprint density at radius 1 is 0.955 bits per heavy atom. The van der Waals surface area contributed by atoms with Crippen molar-refractivity contribution < 1.29 is 46.5 Å². The molecule has 22 heavy (non-hydrogen) atoms. The van der Waals surface area contributed by atoms with Gasteiger partial charge in [-0.1, -0.05) is 47.2 Å². The van der Waals surface area contributed by atoms with Crippen LogP contribution >= 0.6 is 0 Å². The smallest absolute Gasteiger partial charge is 1.00 e. The minimum Gasteiger partial charge on any atom is -1.00 e. The van der Waals surface area contributed by atoms with Crippen molar-refractivity contribution in [1.29, 1.82) is 0 Å². The fraction of sp³-hybridized carbons (Fsp3) is 0.0556. The van der Waals surface area contributed by atoms with E-state index in [-0.39, 0.29) is 46.5 Å². The van der Waals surface area contributed by atoms with Crippen LogP contribution in [0.2, 0.25) is 0 Å². The molecule has 0 saturated heterocycles. The molecule has 2 aromatic carbocycles. The first kappa shape index (κ1) is 20.9. The van der Waals surface area contributed by atoms with E-state index in [1.807, 2.05) is 24.3 Å². The molecular weight excluding hydrogens is 349 g/mol. The van der Waals surface area contributed by atoms with Gasteiger partial charge in [-0.15, -0.1) is 18.6 Å².